The van der Waals surface area contributed by atoms with Gasteiger partial charge in [0.2, 0.25) is 0 Å². The molecular formula is C21H51N7. The molecule has 10 N–H and O–H groups in total. The fourth-order valence-electron chi connectivity index (χ4n) is 3.03. The van der Waals surface area contributed by atoms with Crippen LogP contribution in [0.2, 0.25) is 0 Å². The van der Waals surface area contributed by atoms with Crippen molar-refractivity contribution in [3.8, 4) is 0 Å². The molecule has 7 nitrogen and oxygen atoms in total. The lowest BCUT2D eigenvalue weighted by Crippen LogP contribution is -2.31. The van der Waals surface area contributed by atoms with Gasteiger partial charge < -0.3 is 38.5 Å². The Balaban J connectivity index is 3.12. The molecule has 0 radical (unpaired) electrons. The third-order valence-corrected chi connectivity index (χ3v) is 4.91. The SMILES string of the molecule is NCCCNCCCCCNCCC(N)CCNCCCCCNCCCN. The summed E-state index contributed by atoms with van der Waals surface area (Å²) in [5.74, 6) is 0. The second-order valence-corrected chi connectivity index (χ2v) is 7.74. The van der Waals surface area contributed by atoms with Gasteiger partial charge in [0.25, 0.3) is 0 Å². The van der Waals surface area contributed by atoms with Crippen molar-refractivity contribution >= 4 is 0 Å². The van der Waals surface area contributed by atoms with E-state index in [-0.39, 0.29) is 0 Å². The first kappa shape index (κ1) is 27.7. The molecule has 0 atom stereocenters. The molecule has 0 spiro atoms. The topological polar surface area (TPSA) is 126 Å². The summed E-state index contributed by atoms with van der Waals surface area (Å²) in [4.78, 5) is 0. The van der Waals surface area contributed by atoms with Crippen LogP contribution >= 0.6 is 0 Å². The highest BCUT2D eigenvalue weighted by Crippen LogP contribution is 1.96. The fourth-order valence-corrected chi connectivity index (χ4v) is 3.03. The van der Waals surface area contributed by atoms with Gasteiger partial charge in [-0.15, -0.1) is 0 Å². The third-order valence-electron chi connectivity index (χ3n) is 4.91. The zero-order valence-electron chi connectivity index (χ0n) is 18.5. The standard InChI is InChI=1S/C21H51N7/c22-11-7-17-25-13-3-1-5-15-27-19-9-21(24)10-20-28-16-6-2-4-14-26-18-8-12-23/h21,25-28H,1-20,22-24H2. The lowest BCUT2D eigenvalue weighted by Gasteiger charge is -2.13. The summed E-state index contributed by atoms with van der Waals surface area (Å²) in [6.07, 6.45) is 11.8. The Morgan fingerprint density at radius 3 is 1.11 bits per heavy atom. The number of hydrogen-bond acceptors (Lipinski definition) is 7. The molecule has 0 aliphatic rings. The normalized spacial score (nSPS) is 11.6. The average molecular weight is 402 g/mol. The van der Waals surface area contributed by atoms with E-state index in [2.05, 4.69) is 21.3 Å². The molecule has 0 saturated heterocycles. The van der Waals surface area contributed by atoms with Crippen LogP contribution in [-0.4, -0.2) is 71.5 Å². The van der Waals surface area contributed by atoms with Crippen molar-refractivity contribution in [1.29, 1.82) is 0 Å². The van der Waals surface area contributed by atoms with Crippen LogP contribution in [0.15, 0.2) is 0 Å². The molecule has 0 fully saturated rings. The first-order valence-electron chi connectivity index (χ1n) is 11.8. The van der Waals surface area contributed by atoms with Crippen LogP contribution < -0.4 is 38.5 Å². The molecule has 0 heterocycles. The third kappa shape index (κ3) is 23.8. The Morgan fingerprint density at radius 1 is 0.429 bits per heavy atom. The van der Waals surface area contributed by atoms with Crippen molar-refractivity contribution in [1.82, 2.24) is 21.3 Å². The van der Waals surface area contributed by atoms with Gasteiger partial charge in [-0.2, -0.15) is 0 Å². The van der Waals surface area contributed by atoms with E-state index in [1.54, 1.807) is 0 Å². The quantitative estimate of drug-likeness (QED) is 0.117. The van der Waals surface area contributed by atoms with E-state index in [4.69, 9.17) is 17.2 Å². The maximum absolute atomic E-state index is 6.20. The minimum absolute atomic E-state index is 0.304. The maximum Gasteiger partial charge on any atom is 0.00629 e. The fraction of sp³-hybridized carbons (Fsp3) is 1.00. The van der Waals surface area contributed by atoms with Crippen LogP contribution in [0.5, 0.6) is 0 Å². The van der Waals surface area contributed by atoms with Gasteiger partial charge >= 0.3 is 0 Å². The van der Waals surface area contributed by atoms with Gasteiger partial charge in [0.15, 0.2) is 0 Å². The average Bonchev–Trinajstić information content (AvgIpc) is 2.70. The summed E-state index contributed by atoms with van der Waals surface area (Å²) in [6, 6.07) is 0.304. The van der Waals surface area contributed by atoms with Crippen LogP contribution in [0.1, 0.15) is 64.2 Å². The van der Waals surface area contributed by atoms with Gasteiger partial charge in [-0.1, -0.05) is 12.8 Å². The predicted molar refractivity (Wildman–Crippen MR) is 124 cm³/mol. The van der Waals surface area contributed by atoms with Crippen molar-refractivity contribution in [2.24, 2.45) is 17.2 Å². The number of nitrogens with two attached hydrogens (primary N) is 3. The molecular weight excluding hydrogens is 350 g/mol. The Kier molecular flexibility index (Phi) is 24.5. The molecule has 0 rings (SSSR count). The van der Waals surface area contributed by atoms with Gasteiger partial charge in [0, 0.05) is 6.04 Å². The Bertz CT molecular complexity index is 253. The van der Waals surface area contributed by atoms with Crippen molar-refractivity contribution < 1.29 is 0 Å². The predicted octanol–water partition coefficient (Wildman–Crippen LogP) is 0.491. The first-order chi connectivity index (χ1) is 13.8. The molecule has 0 aromatic carbocycles. The van der Waals surface area contributed by atoms with Crippen molar-refractivity contribution in [2.45, 2.75) is 70.3 Å². The molecule has 0 aliphatic heterocycles. The van der Waals surface area contributed by atoms with Crippen molar-refractivity contribution in [2.75, 3.05) is 65.4 Å². The zero-order valence-corrected chi connectivity index (χ0v) is 18.5. The molecule has 0 amide bonds. The minimum Gasteiger partial charge on any atom is -0.330 e. The van der Waals surface area contributed by atoms with Crippen molar-refractivity contribution in [3.63, 3.8) is 0 Å². The van der Waals surface area contributed by atoms with Gasteiger partial charge in [-0.3, -0.25) is 0 Å². The van der Waals surface area contributed by atoms with Crippen LogP contribution in [0.4, 0.5) is 0 Å². The largest absolute Gasteiger partial charge is 0.330 e. The Labute approximate surface area is 174 Å². The van der Waals surface area contributed by atoms with Crippen LogP contribution in [-0.2, 0) is 0 Å². The van der Waals surface area contributed by atoms with E-state index in [1.165, 1.54) is 38.5 Å². The Morgan fingerprint density at radius 2 is 0.750 bits per heavy atom. The van der Waals surface area contributed by atoms with E-state index >= 15 is 0 Å². The molecule has 0 saturated carbocycles. The number of nitrogens with one attached hydrogen (secondary N) is 4. The zero-order chi connectivity index (χ0) is 20.5. The molecule has 0 bridgehead atoms. The van der Waals surface area contributed by atoms with Crippen LogP contribution in [0.25, 0.3) is 0 Å². The second kappa shape index (κ2) is 24.8. The van der Waals surface area contributed by atoms with Crippen LogP contribution in [0.3, 0.4) is 0 Å². The van der Waals surface area contributed by atoms with Gasteiger partial charge in [0.1, 0.15) is 0 Å². The summed E-state index contributed by atoms with van der Waals surface area (Å²) in [6.45, 7) is 10.2. The van der Waals surface area contributed by atoms with E-state index in [9.17, 15) is 0 Å². The second-order valence-electron chi connectivity index (χ2n) is 7.74. The van der Waals surface area contributed by atoms with E-state index < -0.39 is 0 Å². The maximum atomic E-state index is 6.20. The lowest BCUT2D eigenvalue weighted by molar-refractivity contribution is 0.495. The summed E-state index contributed by atoms with van der Waals surface area (Å²) >= 11 is 0. The summed E-state index contributed by atoms with van der Waals surface area (Å²) in [5.41, 5.74) is 17.1. The monoisotopic (exact) mass is 401 g/mol. The smallest absolute Gasteiger partial charge is 0.00629 e. The van der Waals surface area contributed by atoms with Crippen molar-refractivity contribution in [3.05, 3.63) is 0 Å². The lowest BCUT2D eigenvalue weighted by atomic mass is 10.1. The molecule has 0 aliphatic carbocycles. The minimum atomic E-state index is 0.304. The number of unbranched alkanes of at least 4 members (excludes halogenated alkanes) is 4. The number of hydrogen-bond donors (Lipinski definition) is 7. The highest BCUT2D eigenvalue weighted by molar-refractivity contribution is 4.65. The van der Waals surface area contributed by atoms with E-state index in [0.717, 1.165) is 91.1 Å². The molecule has 170 valence electrons. The van der Waals surface area contributed by atoms with E-state index in [0.29, 0.717) is 6.04 Å². The summed E-state index contributed by atoms with van der Waals surface area (Å²) < 4.78 is 0. The first-order valence-corrected chi connectivity index (χ1v) is 11.8. The molecule has 0 unspecified atom stereocenters. The molecule has 0 aromatic rings. The highest BCUT2D eigenvalue weighted by atomic mass is 14.9. The van der Waals surface area contributed by atoms with Crippen LogP contribution in [0, 0.1) is 0 Å². The Hall–Kier alpha value is -0.280. The van der Waals surface area contributed by atoms with E-state index in [1.807, 2.05) is 0 Å². The molecule has 7 heteroatoms. The summed E-state index contributed by atoms with van der Waals surface area (Å²) in [7, 11) is 0. The molecule has 0 aromatic heterocycles. The van der Waals surface area contributed by atoms with Gasteiger partial charge in [0.05, 0.1) is 0 Å². The number of rotatable bonds is 24. The van der Waals surface area contributed by atoms with Gasteiger partial charge in [-0.05, 0) is 117 Å². The summed E-state index contributed by atoms with van der Waals surface area (Å²) in [5, 5.41) is 13.9. The van der Waals surface area contributed by atoms with Gasteiger partial charge in [-0.25, -0.2) is 0 Å². The highest BCUT2D eigenvalue weighted by Gasteiger charge is 2.01. The molecule has 28 heavy (non-hydrogen) atoms.